The number of carbonyl (C=O) groups excluding carboxylic acids is 1. The average molecular weight is 596 g/mol. The van der Waals surface area contributed by atoms with Crippen LogP contribution in [0.25, 0.3) is 5.69 Å². The van der Waals surface area contributed by atoms with Gasteiger partial charge >= 0.3 is 11.9 Å². The summed E-state index contributed by atoms with van der Waals surface area (Å²) in [6, 6.07) is 6.71. The van der Waals surface area contributed by atoms with Gasteiger partial charge in [-0.1, -0.05) is 52.6 Å². The maximum atomic E-state index is 14.8. The molecule has 194 valence electrons. The van der Waals surface area contributed by atoms with Gasteiger partial charge in [0.2, 0.25) is 5.91 Å². The van der Waals surface area contributed by atoms with Gasteiger partial charge in [-0.05, 0) is 29.8 Å². The first-order valence-corrected chi connectivity index (χ1v) is 12.3. The molecule has 0 saturated carbocycles. The predicted molar refractivity (Wildman–Crippen MR) is 134 cm³/mol. The second-order valence-corrected chi connectivity index (χ2v) is 9.87. The Morgan fingerprint density at radius 2 is 1.70 bits per heavy atom. The van der Waals surface area contributed by atoms with Crippen LogP contribution in [0.2, 0.25) is 15.1 Å². The third-order valence-electron chi connectivity index (χ3n) is 5.27. The van der Waals surface area contributed by atoms with E-state index in [1.54, 1.807) is 18.2 Å². The number of aromatic nitrogens is 2. The summed E-state index contributed by atoms with van der Waals surface area (Å²) >= 11 is 19.2. The van der Waals surface area contributed by atoms with Gasteiger partial charge in [-0.2, -0.15) is 13.2 Å². The molecule has 1 saturated heterocycles. The van der Waals surface area contributed by atoms with Crippen molar-refractivity contribution in [2.75, 3.05) is 5.75 Å². The van der Waals surface area contributed by atoms with Crippen molar-refractivity contribution in [2.45, 2.75) is 12.7 Å². The molecule has 7 nitrogen and oxygen atoms in total. The van der Waals surface area contributed by atoms with Crippen molar-refractivity contribution in [3.05, 3.63) is 89.4 Å². The number of amides is 1. The van der Waals surface area contributed by atoms with Crippen molar-refractivity contribution in [1.29, 1.82) is 0 Å². The molecular formula is C22H13Cl3F4N4O3S. The van der Waals surface area contributed by atoms with Crippen LogP contribution < -0.4 is 11.2 Å². The first kappa shape index (κ1) is 27.2. The number of aliphatic imine (C=N–C) groups is 1. The number of halogens is 7. The number of nitrogens with zero attached hydrogens (tertiary/aromatic N) is 4. The number of amidine groups is 1. The highest BCUT2D eigenvalue weighted by Crippen LogP contribution is 2.33. The fourth-order valence-corrected chi connectivity index (χ4v) is 4.87. The van der Waals surface area contributed by atoms with E-state index < -0.39 is 34.6 Å². The van der Waals surface area contributed by atoms with E-state index in [4.69, 9.17) is 34.8 Å². The Hall–Kier alpha value is -2.80. The molecule has 1 fully saturated rings. The second-order valence-electron chi connectivity index (χ2n) is 7.71. The number of rotatable bonds is 4. The van der Waals surface area contributed by atoms with E-state index in [0.717, 1.165) is 30.9 Å². The Labute approximate surface area is 224 Å². The summed E-state index contributed by atoms with van der Waals surface area (Å²) in [6.07, 6.45) is -4.98. The van der Waals surface area contributed by atoms with Crippen LogP contribution in [0.15, 0.2) is 51.0 Å². The lowest BCUT2D eigenvalue weighted by atomic mass is 10.2. The predicted octanol–water partition coefficient (Wildman–Crippen LogP) is 5.42. The number of alkyl halides is 3. The zero-order chi connectivity index (χ0) is 27.2. The maximum absolute atomic E-state index is 14.8. The number of hydrogen-bond acceptors (Lipinski definition) is 5. The summed E-state index contributed by atoms with van der Waals surface area (Å²) in [6.45, 7) is 0.0755. The first-order valence-electron chi connectivity index (χ1n) is 10.1. The minimum Gasteiger partial charge on any atom is -0.292 e. The molecule has 1 amide bonds. The molecule has 37 heavy (non-hydrogen) atoms. The highest BCUT2D eigenvalue weighted by Gasteiger charge is 2.35. The molecule has 2 heterocycles. The van der Waals surface area contributed by atoms with Crippen molar-refractivity contribution in [3.8, 4) is 5.69 Å². The molecule has 0 N–H and O–H groups in total. The van der Waals surface area contributed by atoms with E-state index in [2.05, 4.69) is 4.99 Å². The highest BCUT2D eigenvalue weighted by atomic mass is 35.5. The van der Waals surface area contributed by atoms with Crippen LogP contribution in [0, 0.1) is 5.82 Å². The van der Waals surface area contributed by atoms with Gasteiger partial charge in [-0.3, -0.25) is 19.1 Å². The van der Waals surface area contributed by atoms with Gasteiger partial charge in [0.25, 0.3) is 5.56 Å². The quantitative estimate of drug-likeness (QED) is 0.378. The molecule has 1 aliphatic rings. The number of carbonyl (C=O) groups is 1. The molecule has 0 aliphatic carbocycles. The van der Waals surface area contributed by atoms with E-state index in [-0.39, 0.29) is 54.3 Å². The molecule has 15 heteroatoms. The van der Waals surface area contributed by atoms with Crippen LogP contribution in [-0.4, -0.2) is 30.9 Å². The van der Waals surface area contributed by atoms with E-state index in [1.807, 2.05) is 0 Å². The van der Waals surface area contributed by atoms with Gasteiger partial charge in [0.15, 0.2) is 5.17 Å². The molecule has 0 spiro atoms. The Morgan fingerprint density at radius 1 is 1.00 bits per heavy atom. The Morgan fingerprint density at radius 3 is 2.35 bits per heavy atom. The molecule has 1 aromatic heterocycles. The number of benzene rings is 2. The summed E-state index contributed by atoms with van der Waals surface area (Å²) < 4.78 is 54.7. The summed E-state index contributed by atoms with van der Waals surface area (Å²) in [7, 11) is 0.803. The van der Waals surface area contributed by atoms with Gasteiger partial charge < -0.3 is 0 Å². The average Bonchev–Trinajstić information content (AvgIpc) is 3.14. The molecule has 3 aromatic rings. The van der Waals surface area contributed by atoms with E-state index in [1.165, 1.54) is 4.90 Å². The third-order valence-corrected chi connectivity index (χ3v) is 7.27. The topological polar surface area (TPSA) is 76.7 Å². The fraction of sp³-hybridized carbons (Fsp3) is 0.182. The number of thioether (sulfide) groups is 1. The summed E-state index contributed by atoms with van der Waals surface area (Å²) in [5.74, 6) is -1.39. The molecule has 0 atom stereocenters. The zero-order valence-electron chi connectivity index (χ0n) is 18.4. The van der Waals surface area contributed by atoms with Gasteiger partial charge in [0.1, 0.15) is 11.5 Å². The first-order chi connectivity index (χ1) is 17.3. The van der Waals surface area contributed by atoms with Crippen LogP contribution in [0.4, 0.5) is 23.2 Å². The van der Waals surface area contributed by atoms with E-state index in [0.29, 0.717) is 10.6 Å². The largest absolute Gasteiger partial charge is 0.431 e. The minimum absolute atomic E-state index is 0.0464. The van der Waals surface area contributed by atoms with E-state index in [9.17, 15) is 31.9 Å². The molecule has 0 radical (unpaired) electrons. The lowest BCUT2D eigenvalue weighted by Crippen LogP contribution is -2.41. The van der Waals surface area contributed by atoms with Crippen LogP contribution in [-0.2, 0) is 24.6 Å². The van der Waals surface area contributed by atoms with Crippen LogP contribution in [0.1, 0.15) is 11.3 Å². The second kappa shape index (κ2) is 10.2. The van der Waals surface area contributed by atoms with Gasteiger partial charge in [-0.15, -0.1) is 0 Å². The minimum atomic E-state index is -4.98. The maximum Gasteiger partial charge on any atom is 0.431 e. The number of hydrogen-bond donors (Lipinski definition) is 0. The smallest absolute Gasteiger partial charge is 0.292 e. The summed E-state index contributed by atoms with van der Waals surface area (Å²) in [5, 5.41) is 0.576. The van der Waals surface area contributed by atoms with Crippen LogP contribution in [0.3, 0.4) is 0 Å². The van der Waals surface area contributed by atoms with Crippen LogP contribution >= 0.6 is 46.6 Å². The van der Waals surface area contributed by atoms with Crippen molar-refractivity contribution >= 4 is 63.3 Å². The third kappa shape index (κ3) is 5.42. The molecule has 0 unspecified atom stereocenters. The van der Waals surface area contributed by atoms with Gasteiger partial charge in [-0.25, -0.2) is 18.7 Å². The van der Waals surface area contributed by atoms with Crippen molar-refractivity contribution in [2.24, 2.45) is 12.0 Å². The fourth-order valence-electron chi connectivity index (χ4n) is 3.46. The SMILES string of the molecule is Cn1c(C(F)(F)F)cc(=O)n(-c2cc(/N=C3\SCC(=O)N3Cc3ccc(Cl)c(Cl)c3)c(Cl)cc2F)c1=O. The molecular weight excluding hydrogens is 583 g/mol. The Bertz CT molecular complexity index is 1590. The lowest BCUT2D eigenvalue weighted by Gasteiger charge is -2.17. The summed E-state index contributed by atoms with van der Waals surface area (Å²) in [5.41, 5.74) is -4.46. The summed E-state index contributed by atoms with van der Waals surface area (Å²) in [4.78, 5) is 43.2. The lowest BCUT2D eigenvalue weighted by molar-refractivity contribution is -0.144. The Kier molecular flexibility index (Phi) is 7.48. The Balaban J connectivity index is 1.79. The molecule has 0 bridgehead atoms. The van der Waals surface area contributed by atoms with Gasteiger partial charge in [0, 0.05) is 13.1 Å². The zero-order valence-corrected chi connectivity index (χ0v) is 21.5. The normalized spacial score (nSPS) is 15.2. The highest BCUT2D eigenvalue weighted by molar-refractivity contribution is 8.15. The monoisotopic (exact) mass is 594 g/mol. The molecule has 2 aromatic carbocycles. The molecule has 1 aliphatic heterocycles. The standard InChI is InChI=1S/C22H13Cl3F4N4O3S/c1-31-17(22(27,28)29)7-18(34)33(21(31)36)16-6-15(13(25)5-14(16)26)30-20-32(19(35)9-37-20)8-10-2-3-11(23)12(24)4-10/h2-7H,8-9H2,1H3/b30-20-. The van der Waals surface area contributed by atoms with E-state index >= 15 is 0 Å². The van der Waals surface area contributed by atoms with Crippen molar-refractivity contribution < 1.29 is 22.4 Å². The van der Waals surface area contributed by atoms with Gasteiger partial charge in [0.05, 0.1) is 38.7 Å². The van der Waals surface area contributed by atoms with Crippen molar-refractivity contribution in [1.82, 2.24) is 14.0 Å². The van der Waals surface area contributed by atoms with Crippen molar-refractivity contribution in [3.63, 3.8) is 0 Å². The van der Waals surface area contributed by atoms with Crippen LogP contribution in [0.5, 0.6) is 0 Å². The molecule has 4 rings (SSSR count).